The van der Waals surface area contributed by atoms with E-state index in [9.17, 15) is 4.79 Å². The zero-order valence-corrected chi connectivity index (χ0v) is 8.90. The van der Waals surface area contributed by atoms with Gasteiger partial charge in [-0.25, -0.2) is 0 Å². The lowest BCUT2D eigenvalue weighted by Crippen LogP contribution is -2.25. The van der Waals surface area contributed by atoms with Crippen LogP contribution in [0.15, 0.2) is 18.2 Å². The number of carbonyl (C=O) groups excluding carboxylic acids is 1. The van der Waals surface area contributed by atoms with Gasteiger partial charge in [-0.15, -0.1) is 0 Å². The summed E-state index contributed by atoms with van der Waals surface area (Å²) >= 11 is 0. The van der Waals surface area contributed by atoms with E-state index in [-0.39, 0.29) is 12.3 Å². The van der Waals surface area contributed by atoms with Crippen molar-refractivity contribution in [3.05, 3.63) is 29.6 Å². The maximum absolute atomic E-state index is 11.3. The first kappa shape index (κ1) is 11.2. The molecule has 1 aromatic heterocycles. The number of hydrogen-bond acceptors (Lipinski definition) is 3. The smallest absolute Gasteiger partial charge is 0.236 e. The van der Waals surface area contributed by atoms with Crippen molar-refractivity contribution in [2.24, 2.45) is 0 Å². The Morgan fingerprint density at radius 1 is 1.60 bits per heavy atom. The van der Waals surface area contributed by atoms with Crippen molar-refractivity contribution >= 4 is 5.91 Å². The SMILES string of the molecule is Cc1cccc(CN(C)C(=O)CC#N)n1. The Bertz CT molecular complexity index is 395. The second-order valence-corrected chi connectivity index (χ2v) is 3.35. The predicted molar refractivity (Wildman–Crippen MR) is 55.7 cm³/mol. The second kappa shape index (κ2) is 5.11. The predicted octanol–water partition coefficient (Wildman–Crippen LogP) is 1.26. The molecule has 0 atom stereocenters. The van der Waals surface area contributed by atoms with Gasteiger partial charge in [-0.3, -0.25) is 9.78 Å². The van der Waals surface area contributed by atoms with Crippen molar-refractivity contribution in [2.75, 3.05) is 7.05 Å². The normalized spacial score (nSPS) is 9.40. The molecule has 1 heterocycles. The summed E-state index contributed by atoms with van der Waals surface area (Å²) in [6, 6.07) is 7.50. The van der Waals surface area contributed by atoms with E-state index in [0.29, 0.717) is 6.54 Å². The van der Waals surface area contributed by atoms with Gasteiger partial charge in [0.25, 0.3) is 0 Å². The van der Waals surface area contributed by atoms with Gasteiger partial charge in [-0.2, -0.15) is 5.26 Å². The molecule has 0 radical (unpaired) electrons. The third-order valence-corrected chi connectivity index (χ3v) is 2.00. The minimum absolute atomic E-state index is 0.0810. The number of pyridine rings is 1. The summed E-state index contributed by atoms with van der Waals surface area (Å²) < 4.78 is 0. The lowest BCUT2D eigenvalue weighted by molar-refractivity contribution is -0.129. The highest BCUT2D eigenvalue weighted by Gasteiger charge is 2.08. The summed E-state index contributed by atoms with van der Waals surface area (Å²) in [6.07, 6.45) is -0.0810. The lowest BCUT2D eigenvalue weighted by Gasteiger charge is -2.15. The molecule has 0 fully saturated rings. The highest BCUT2D eigenvalue weighted by Crippen LogP contribution is 2.02. The maximum atomic E-state index is 11.3. The van der Waals surface area contributed by atoms with Gasteiger partial charge in [0.2, 0.25) is 5.91 Å². The minimum atomic E-state index is -0.180. The van der Waals surface area contributed by atoms with Crippen molar-refractivity contribution < 1.29 is 4.79 Å². The molecule has 1 aromatic rings. The Morgan fingerprint density at radius 2 is 2.33 bits per heavy atom. The van der Waals surface area contributed by atoms with E-state index < -0.39 is 0 Å². The first-order valence-corrected chi connectivity index (χ1v) is 4.67. The number of rotatable bonds is 3. The van der Waals surface area contributed by atoms with Crippen LogP contribution in [0.4, 0.5) is 0 Å². The average Bonchev–Trinajstić information content (AvgIpc) is 2.18. The van der Waals surface area contributed by atoms with Crippen LogP contribution < -0.4 is 0 Å². The summed E-state index contributed by atoms with van der Waals surface area (Å²) in [5.41, 5.74) is 1.76. The Hall–Kier alpha value is -1.89. The Kier molecular flexibility index (Phi) is 3.81. The van der Waals surface area contributed by atoms with Gasteiger partial charge in [-0.05, 0) is 19.1 Å². The molecular weight excluding hydrogens is 190 g/mol. The molecule has 0 N–H and O–H groups in total. The van der Waals surface area contributed by atoms with Crippen LogP contribution in [0.3, 0.4) is 0 Å². The summed E-state index contributed by atoms with van der Waals surface area (Å²) in [6.45, 7) is 2.35. The quantitative estimate of drug-likeness (QED) is 0.743. The second-order valence-electron chi connectivity index (χ2n) is 3.35. The van der Waals surface area contributed by atoms with Crippen LogP contribution in [0.2, 0.25) is 0 Å². The van der Waals surface area contributed by atoms with Crippen LogP contribution in [0.25, 0.3) is 0 Å². The highest BCUT2D eigenvalue weighted by atomic mass is 16.2. The molecule has 4 heteroatoms. The fourth-order valence-electron chi connectivity index (χ4n) is 1.22. The van der Waals surface area contributed by atoms with Gasteiger partial charge in [0.15, 0.2) is 0 Å². The van der Waals surface area contributed by atoms with Gasteiger partial charge in [-0.1, -0.05) is 6.07 Å². The number of hydrogen-bond donors (Lipinski definition) is 0. The monoisotopic (exact) mass is 203 g/mol. The summed E-state index contributed by atoms with van der Waals surface area (Å²) in [5, 5.41) is 8.38. The molecule has 0 aliphatic carbocycles. The Morgan fingerprint density at radius 3 is 2.93 bits per heavy atom. The fourth-order valence-corrected chi connectivity index (χ4v) is 1.22. The molecular formula is C11H13N3O. The number of nitrogens with zero attached hydrogens (tertiary/aromatic N) is 3. The summed E-state index contributed by atoms with van der Waals surface area (Å²) in [5.74, 6) is -0.180. The number of aromatic nitrogens is 1. The molecule has 0 spiro atoms. The van der Waals surface area contributed by atoms with E-state index in [4.69, 9.17) is 5.26 Å². The Balaban J connectivity index is 2.63. The van der Waals surface area contributed by atoms with E-state index in [1.165, 1.54) is 4.90 Å². The zero-order valence-electron chi connectivity index (χ0n) is 8.90. The van der Waals surface area contributed by atoms with Crippen molar-refractivity contribution in [3.63, 3.8) is 0 Å². The molecule has 1 rings (SSSR count). The number of aryl methyl sites for hydroxylation is 1. The van der Waals surface area contributed by atoms with E-state index >= 15 is 0 Å². The van der Waals surface area contributed by atoms with Gasteiger partial charge in [0, 0.05) is 12.7 Å². The van der Waals surface area contributed by atoms with Crippen LogP contribution in [-0.4, -0.2) is 22.8 Å². The topological polar surface area (TPSA) is 57.0 Å². The van der Waals surface area contributed by atoms with E-state index in [1.54, 1.807) is 7.05 Å². The lowest BCUT2D eigenvalue weighted by atomic mass is 10.3. The first-order chi connectivity index (χ1) is 7.13. The number of amides is 1. The molecule has 4 nitrogen and oxygen atoms in total. The zero-order chi connectivity index (χ0) is 11.3. The third-order valence-electron chi connectivity index (χ3n) is 2.00. The fraction of sp³-hybridized carbons (Fsp3) is 0.364. The standard InChI is InChI=1S/C11H13N3O/c1-9-4-3-5-10(13-9)8-14(2)11(15)6-7-12/h3-5H,6,8H2,1-2H3. The van der Waals surface area contributed by atoms with Crippen LogP contribution >= 0.6 is 0 Å². The maximum Gasteiger partial charge on any atom is 0.236 e. The van der Waals surface area contributed by atoms with Crippen molar-refractivity contribution in [1.82, 2.24) is 9.88 Å². The molecule has 78 valence electrons. The molecule has 0 aromatic carbocycles. The van der Waals surface area contributed by atoms with Crippen LogP contribution in [-0.2, 0) is 11.3 Å². The molecule has 0 saturated heterocycles. The summed E-state index contributed by atoms with van der Waals surface area (Å²) in [7, 11) is 1.67. The van der Waals surface area contributed by atoms with Gasteiger partial charge < -0.3 is 4.90 Å². The van der Waals surface area contributed by atoms with Crippen LogP contribution in [0, 0.1) is 18.3 Å². The molecule has 15 heavy (non-hydrogen) atoms. The molecule has 0 aliphatic rings. The molecule has 1 amide bonds. The van der Waals surface area contributed by atoms with Crippen molar-refractivity contribution in [1.29, 1.82) is 5.26 Å². The number of nitriles is 1. The van der Waals surface area contributed by atoms with Crippen LogP contribution in [0.5, 0.6) is 0 Å². The van der Waals surface area contributed by atoms with Gasteiger partial charge in [0.1, 0.15) is 6.42 Å². The largest absolute Gasteiger partial charge is 0.339 e. The highest BCUT2D eigenvalue weighted by molar-refractivity contribution is 5.77. The number of carbonyl (C=O) groups is 1. The Labute approximate surface area is 89.2 Å². The van der Waals surface area contributed by atoms with E-state index in [2.05, 4.69) is 4.98 Å². The molecule has 0 aliphatic heterocycles. The molecule has 0 unspecified atom stereocenters. The van der Waals surface area contributed by atoms with Gasteiger partial charge >= 0.3 is 0 Å². The first-order valence-electron chi connectivity index (χ1n) is 4.67. The van der Waals surface area contributed by atoms with E-state index in [0.717, 1.165) is 11.4 Å². The molecule has 0 saturated carbocycles. The van der Waals surface area contributed by atoms with E-state index in [1.807, 2.05) is 31.2 Å². The van der Waals surface area contributed by atoms with Crippen LogP contribution in [0.1, 0.15) is 17.8 Å². The third kappa shape index (κ3) is 3.39. The summed E-state index contributed by atoms with van der Waals surface area (Å²) in [4.78, 5) is 17.1. The van der Waals surface area contributed by atoms with Crippen molar-refractivity contribution in [2.45, 2.75) is 19.9 Å². The molecule has 0 bridgehead atoms. The minimum Gasteiger partial charge on any atom is -0.339 e. The average molecular weight is 203 g/mol. The van der Waals surface area contributed by atoms with Crippen molar-refractivity contribution in [3.8, 4) is 6.07 Å². The van der Waals surface area contributed by atoms with Gasteiger partial charge in [0.05, 0.1) is 18.3 Å².